The summed E-state index contributed by atoms with van der Waals surface area (Å²) in [5.74, 6) is -0.380. The molecule has 1 heterocycles. The van der Waals surface area contributed by atoms with Crippen LogP contribution in [0.1, 0.15) is 89.2 Å². The molecule has 1 unspecified atom stereocenters. The number of nitrogens with one attached hydrogen (secondary N) is 1. The predicted octanol–water partition coefficient (Wildman–Crippen LogP) is 6.55. The second kappa shape index (κ2) is 11.5. The Labute approximate surface area is 200 Å². The molecular formula is C28H41NO3S. The van der Waals surface area contributed by atoms with Gasteiger partial charge in [0.1, 0.15) is 0 Å². The normalized spacial score (nSPS) is 24.1. The van der Waals surface area contributed by atoms with E-state index in [4.69, 9.17) is 0 Å². The Morgan fingerprint density at radius 3 is 2.36 bits per heavy atom. The highest BCUT2D eigenvalue weighted by Gasteiger charge is 2.48. The van der Waals surface area contributed by atoms with E-state index in [0.717, 1.165) is 42.6 Å². The fourth-order valence-corrected chi connectivity index (χ4v) is 7.55. The van der Waals surface area contributed by atoms with Crippen LogP contribution >= 0.6 is 0 Å². The average molecular weight is 472 g/mol. The molecular weight excluding hydrogens is 430 g/mol. The molecule has 0 radical (unpaired) electrons. The summed E-state index contributed by atoms with van der Waals surface area (Å²) < 4.78 is 27.3. The molecule has 0 bridgehead atoms. The minimum absolute atomic E-state index is 0.00219. The number of hydrogen-bond donors (Lipinski definition) is 2. The van der Waals surface area contributed by atoms with Gasteiger partial charge in [-0.15, -0.1) is 0 Å². The predicted molar refractivity (Wildman–Crippen MR) is 138 cm³/mol. The highest BCUT2D eigenvalue weighted by molar-refractivity contribution is 7.91. The van der Waals surface area contributed by atoms with Gasteiger partial charge in [-0.25, -0.2) is 8.42 Å². The van der Waals surface area contributed by atoms with Crippen LogP contribution in [0.25, 0.3) is 0 Å². The van der Waals surface area contributed by atoms with E-state index in [0.29, 0.717) is 17.7 Å². The number of anilines is 1. The lowest BCUT2D eigenvalue weighted by molar-refractivity contribution is 0.0174. The summed E-state index contributed by atoms with van der Waals surface area (Å²) in [5, 5.41) is 15.4. The van der Waals surface area contributed by atoms with Crippen molar-refractivity contribution in [2.75, 3.05) is 17.6 Å². The third kappa shape index (κ3) is 5.81. The van der Waals surface area contributed by atoms with Crippen LogP contribution in [-0.4, -0.2) is 31.9 Å². The van der Waals surface area contributed by atoms with E-state index in [1.807, 2.05) is 49.4 Å². The number of unbranched alkanes of at least 4 members (excludes halogenated alkanes) is 4. The molecule has 0 aromatic heterocycles. The van der Waals surface area contributed by atoms with Crippen molar-refractivity contribution in [3.63, 3.8) is 0 Å². The van der Waals surface area contributed by atoms with Crippen LogP contribution in [0.2, 0.25) is 0 Å². The molecule has 3 atom stereocenters. The molecule has 0 aliphatic carbocycles. The standard InChI is InChI=1S/C28H41NO3S/c1-4-7-9-13-19-29-23-16-17-25-24(20-23)26(22-14-11-10-12-15-22)27(30)28(6-3,18-8-5-2)21-33(25,31)32/h10-12,14-17,20,26-27,29-30H,4-9,13,18-19,21H2,1-3H3/t26-,27?,28+/m1/s1. The molecule has 0 spiro atoms. The van der Waals surface area contributed by atoms with E-state index < -0.39 is 21.4 Å². The zero-order chi connectivity index (χ0) is 23.9. The summed E-state index contributed by atoms with van der Waals surface area (Å²) in [7, 11) is -3.54. The summed E-state index contributed by atoms with van der Waals surface area (Å²) in [6, 6.07) is 15.5. The number of rotatable bonds is 11. The van der Waals surface area contributed by atoms with E-state index in [9.17, 15) is 13.5 Å². The molecule has 3 rings (SSSR count). The molecule has 182 valence electrons. The summed E-state index contributed by atoms with van der Waals surface area (Å²) in [6.07, 6.45) is 7.15. The lowest BCUT2D eigenvalue weighted by atomic mass is 9.69. The SMILES string of the molecule is CCCCCCNc1ccc2c(c1)[C@@H](c1ccccc1)C(O)[C@@](CC)(CCCC)CS2(=O)=O. The van der Waals surface area contributed by atoms with Crippen molar-refractivity contribution >= 4 is 15.5 Å². The molecule has 2 aromatic rings. The van der Waals surface area contributed by atoms with Gasteiger partial charge in [0, 0.05) is 23.6 Å². The van der Waals surface area contributed by atoms with Crippen molar-refractivity contribution in [2.24, 2.45) is 5.41 Å². The summed E-state index contributed by atoms with van der Waals surface area (Å²) in [4.78, 5) is 0.374. The Morgan fingerprint density at radius 2 is 1.70 bits per heavy atom. The van der Waals surface area contributed by atoms with Crippen molar-refractivity contribution in [1.82, 2.24) is 0 Å². The summed E-state index contributed by atoms with van der Waals surface area (Å²) in [6.45, 7) is 7.20. The zero-order valence-corrected chi connectivity index (χ0v) is 21.3. The molecule has 2 N–H and O–H groups in total. The van der Waals surface area contributed by atoms with Gasteiger partial charge in [0.15, 0.2) is 9.84 Å². The lowest BCUT2D eigenvalue weighted by Gasteiger charge is -2.39. The van der Waals surface area contributed by atoms with Crippen molar-refractivity contribution in [2.45, 2.75) is 89.1 Å². The van der Waals surface area contributed by atoms with Crippen molar-refractivity contribution in [1.29, 1.82) is 0 Å². The zero-order valence-electron chi connectivity index (χ0n) is 20.5. The highest BCUT2D eigenvalue weighted by atomic mass is 32.2. The van der Waals surface area contributed by atoms with Crippen LogP contribution in [-0.2, 0) is 9.84 Å². The van der Waals surface area contributed by atoms with Crippen molar-refractivity contribution in [3.05, 3.63) is 59.7 Å². The Bertz CT molecular complexity index is 989. The van der Waals surface area contributed by atoms with Gasteiger partial charge in [0.2, 0.25) is 0 Å². The first kappa shape index (κ1) is 25.8. The molecule has 5 heteroatoms. The van der Waals surface area contributed by atoms with Gasteiger partial charge in [-0.1, -0.05) is 83.2 Å². The van der Waals surface area contributed by atoms with Gasteiger partial charge in [0.25, 0.3) is 0 Å². The maximum Gasteiger partial charge on any atom is 0.179 e. The number of fused-ring (bicyclic) bond motifs is 1. The second-order valence-electron chi connectivity index (χ2n) is 9.65. The first-order chi connectivity index (χ1) is 15.9. The largest absolute Gasteiger partial charge is 0.392 e. The van der Waals surface area contributed by atoms with Gasteiger partial charge in [-0.05, 0) is 48.6 Å². The molecule has 0 amide bonds. The quantitative estimate of drug-likeness (QED) is 0.365. The Hall–Kier alpha value is -1.85. The fourth-order valence-electron chi connectivity index (χ4n) is 5.29. The second-order valence-corrected chi connectivity index (χ2v) is 11.6. The first-order valence-electron chi connectivity index (χ1n) is 12.7. The first-order valence-corrected chi connectivity index (χ1v) is 14.4. The number of aliphatic hydroxyl groups is 1. The van der Waals surface area contributed by atoms with E-state index in [1.54, 1.807) is 6.07 Å². The van der Waals surface area contributed by atoms with Gasteiger partial charge >= 0.3 is 0 Å². The third-order valence-corrected chi connectivity index (χ3v) is 9.35. The van der Waals surface area contributed by atoms with E-state index in [2.05, 4.69) is 19.2 Å². The van der Waals surface area contributed by atoms with Gasteiger partial charge in [-0.2, -0.15) is 0 Å². The van der Waals surface area contributed by atoms with Crippen LogP contribution in [0.5, 0.6) is 0 Å². The van der Waals surface area contributed by atoms with Crippen LogP contribution < -0.4 is 5.32 Å². The highest BCUT2D eigenvalue weighted by Crippen LogP contribution is 2.49. The summed E-state index contributed by atoms with van der Waals surface area (Å²) >= 11 is 0. The Balaban J connectivity index is 2.08. The third-order valence-electron chi connectivity index (χ3n) is 7.35. The molecule has 0 saturated carbocycles. The lowest BCUT2D eigenvalue weighted by Crippen LogP contribution is -2.42. The maximum absolute atomic E-state index is 13.7. The van der Waals surface area contributed by atoms with Gasteiger partial charge in [-0.3, -0.25) is 0 Å². The number of hydrogen-bond acceptors (Lipinski definition) is 4. The number of sulfone groups is 1. The number of aliphatic hydroxyl groups excluding tert-OH is 1. The molecule has 33 heavy (non-hydrogen) atoms. The summed E-state index contributed by atoms with van der Waals surface area (Å²) in [5.41, 5.74) is 1.95. The smallest absolute Gasteiger partial charge is 0.179 e. The molecule has 2 aromatic carbocycles. The maximum atomic E-state index is 13.7. The van der Waals surface area contributed by atoms with Gasteiger partial charge < -0.3 is 10.4 Å². The van der Waals surface area contributed by atoms with E-state index in [1.165, 1.54) is 19.3 Å². The topological polar surface area (TPSA) is 66.4 Å². The van der Waals surface area contributed by atoms with Crippen LogP contribution in [0.3, 0.4) is 0 Å². The molecule has 0 fully saturated rings. The molecule has 1 aliphatic heterocycles. The van der Waals surface area contributed by atoms with E-state index >= 15 is 0 Å². The number of benzene rings is 2. The van der Waals surface area contributed by atoms with E-state index in [-0.39, 0.29) is 11.7 Å². The molecule has 4 nitrogen and oxygen atoms in total. The minimum Gasteiger partial charge on any atom is -0.392 e. The molecule has 1 aliphatic rings. The Kier molecular flexibility index (Phi) is 9.00. The average Bonchev–Trinajstić information content (AvgIpc) is 2.89. The van der Waals surface area contributed by atoms with Crippen LogP contribution in [0.15, 0.2) is 53.4 Å². The van der Waals surface area contributed by atoms with Crippen molar-refractivity contribution in [3.8, 4) is 0 Å². The van der Waals surface area contributed by atoms with Crippen LogP contribution in [0, 0.1) is 5.41 Å². The van der Waals surface area contributed by atoms with Gasteiger partial charge in [0.05, 0.1) is 16.8 Å². The Morgan fingerprint density at radius 1 is 0.970 bits per heavy atom. The molecule has 0 saturated heterocycles. The fraction of sp³-hybridized carbons (Fsp3) is 0.571. The van der Waals surface area contributed by atoms with Crippen molar-refractivity contribution < 1.29 is 13.5 Å². The minimum atomic E-state index is -3.54. The monoisotopic (exact) mass is 471 g/mol. The van der Waals surface area contributed by atoms with Crippen LogP contribution in [0.4, 0.5) is 5.69 Å².